The summed E-state index contributed by atoms with van der Waals surface area (Å²) in [5.74, 6) is 0.249. The number of nitrogens with zero attached hydrogens (tertiary/aromatic N) is 3. The van der Waals surface area contributed by atoms with Crippen molar-refractivity contribution in [1.82, 2.24) is 10.1 Å². The Morgan fingerprint density at radius 2 is 2.21 bits per heavy atom. The predicted octanol–water partition coefficient (Wildman–Crippen LogP) is 1.72. The van der Waals surface area contributed by atoms with Crippen LogP contribution in [0.25, 0.3) is 0 Å². The first-order valence-electron chi connectivity index (χ1n) is 6.14. The number of aliphatic hydroxyl groups excluding tert-OH is 1. The Morgan fingerprint density at radius 1 is 1.58 bits per heavy atom. The highest BCUT2D eigenvalue weighted by Crippen LogP contribution is 2.31. The van der Waals surface area contributed by atoms with E-state index < -0.39 is 6.23 Å². The maximum Gasteiger partial charge on any atom is 0.329 e. The summed E-state index contributed by atoms with van der Waals surface area (Å²) in [6.07, 6.45) is 0.816. The lowest BCUT2D eigenvalue weighted by Crippen LogP contribution is -2.35. The number of carbonyl (C=O) groups excluding carboxylic acids is 1. The molecule has 0 saturated carbocycles. The van der Waals surface area contributed by atoms with Crippen molar-refractivity contribution in [2.24, 2.45) is 0 Å². The van der Waals surface area contributed by atoms with Gasteiger partial charge in [-0.25, -0.2) is 9.69 Å². The summed E-state index contributed by atoms with van der Waals surface area (Å²) >= 11 is 0. The molecule has 1 aliphatic heterocycles. The molecule has 2 heterocycles. The topological polar surface area (TPSA) is 69.8 Å². The van der Waals surface area contributed by atoms with Crippen LogP contribution in [0.1, 0.15) is 26.5 Å². The summed E-state index contributed by atoms with van der Waals surface area (Å²) in [7, 11) is 1.64. The van der Waals surface area contributed by atoms with Gasteiger partial charge in [0.2, 0.25) is 5.88 Å². The molecule has 2 atom stereocenters. The van der Waals surface area contributed by atoms with Crippen molar-refractivity contribution in [2.75, 3.05) is 11.9 Å². The number of anilines is 1. The second-order valence-electron chi connectivity index (χ2n) is 5.39. The summed E-state index contributed by atoms with van der Waals surface area (Å²) < 4.78 is 5.19. The molecule has 2 unspecified atom stereocenters. The molecular weight excluding hydrogens is 246 g/mol. The van der Waals surface area contributed by atoms with Crippen molar-refractivity contribution in [3.05, 3.63) is 24.4 Å². The monoisotopic (exact) mass is 265 g/mol. The van der Waals surface area contributed by atoms with Crippen molar-refractivity contribution < 1.29 is 14.4 Å². The molecule has 0 aromatic carbocycles. The minimum atomic E-state index is -0.940. The van der Waals surface area contributed by atoms with Gasteiger partial charge in [-0.2, -0.15) is 0 Å². The van der Waals surface area contributed by atoms with E-state index in [0.717, 1.165) is 0 Å². The highest BCUT2D eigenvalue weighted by Gasteiger charge is 2.43. The van der Waals surface area contributed by atoms with Gasteiger partial charge < -0.3 is 14.5 Å². The van der Waals surface area contributed by atoms with Crippen LogP contribution in [0.5, 0.6) is 0 Å². The molecule has 2 rings (SSSR count). The molecule has 6 heteroatoms. The Morgan fingerprint density at radius 3 is 2.68 bits per heavy atom. The molecule has 104 valence electrons. The fourth-order valence-corrected chi connectivity index (χ4v) is 1.88. The predicted molar refractivity (Wildman–Crippen MR) is 70.8 cm³/mol. The van der Waals surface area contributed by atoms with E-state index in [9.17, 15) is 9.90 Å². The van der Waals surface area contributed by atoms with E-state index in [1.807, 2.05) is 13.8 Å². The molecule has 1 N–H and O–H groups in total. The number of hydrogen-bond donors (Lipinski definition) is 1. The van der Waals surface area contributed by atoms with Gasteiger partial charge in [0, 0.05) is 18.5 Å². The normalized spacial score (nSPS) is 24.2. The van der Waals surface area contributed by atoms with E-state index in [4.69, 9.17) is 4.52 Å². The van der Waals surface area contributed by atoms with E-state index in [1.165, 1.54) is 9.80 Å². The van der Waals surface area contributed by atoms with Crippen LogP contribution < -0.4 is 4.90 Å². The maximum atomic E-state index is 12.0. The van der Waals surface area contributed by atoms with Crippen LogP contribution in [0.15, 0.2) is 23.2 Å². The van der Waals surface area contributed by atoms with Crippen molar-refractivity contribution in [1.29, 1.82) is 0 Å². The molecule has 2 amide bonds. The van der Waals surface area contributed by atoms with E-state index in [2.05, 4.69) is 11.7 Å². The molecule has 1 saturated heterocycles. The Kier molecular flexibility index (Phi) is 3.14. The largest absolute Gasteiger partial charge is 0.371 e. The molecule has 1 aromatic heterocycles. The van der Waals surface area contributed by atoms with Crippen LogP contribution in [0.4, 0.5) is 10.7 Å². The van der Waals surface area contributed by atoms with Crippen LogP contribution in [0.2, 0.25) is 0 Å². The molecule has 6 nitrogen and oxygen atoms in total. The second-order valence-corrected chi connectivity index (χ2v) is 5.39. The zero-order valence-corrected chi connectivity index (χ0v) is 11.6. The van der Waals surface area contributed by atoms with Crippen molar-refractivity contribution in [3.63, 3.8) is 0 Å². The molecule has 19 heavy (non-hydrogen) atoms. The average molecular weight is 265 g/mol. The Hall–Kier alpha value is -1.82. The third-order valence-electron chi connectivity index (χ3n) is 3.72. The van der Waals surface area contributed by atoms with Gasteiger partial charge in [-0.15, -0.1) is 6.58 Å². The Balaban J connectivity index is 2.34. The van der Waals surface area contributed by atoms with E-state index in [0.29, 0.717) is 5.69 Å². The fourth-order valence-electron chi connectivity index (χ4n) is 1.88. The van der Waals surface area contributed by atoms with Gasteiger partial charge in [0.1, 0.15) is 0 Å². The van der Waals surface area contributed by atoms with E-state index >= 15 is 0 Å². The summed E-state index contributed by atoms with van der Waals surface area (Å²) in [5, 5.41) is 14.0. The minimum absolute atomic E-state index is 0.249. The van der Waals surface area contributed by atoms with Crippen LogP contribution in [-0.2, 0) is 5.41 Å². The summed E-state index contributed by atoms with van der Waals surface area (Å²) in [5.41, 5.74) is 0.312. The maximum absolute atomic E-state index is 12.0. The van der Waals surface area contributed by atoms with Crippen molar-refractivity contribution in [3.8, 4) is 0 Å². The second kappa shape index (κ2) is 4.38. The number of allylic oxidation sites excluding steroid dienone is 1. The average Bonchev–Trinajstić information content (AvgIpc) is 2.92. The van der Waals surface area contributed by atoms with Crippen LogP contribution in [0.3, 0.4) is 0 Å². The lowest BCUT2D eigenvalue weighted by molar-refractivity contribution is 0.135. The number of carbonyl (C=O) groups is 1. The summed E-state index contributed by atoms with van der Waals surface area (Å²) in [6.45, 7) is 9.41. The van der Waals surface area contributed by atoms with Gasteiger partial charge in [-0.1, -0.05) is 25.1 Å². The molecule has 1 aromatic rings. The van der Waals surface area contributed by atoms with Gasteiger partial charge in [0.25, 0.3) is 0 Å². The van der Waals surface area contributed by atoms with Crippen LogP contribution in [-0.4, -0.2) is 40.5 Å². The van der Waals surface area contributed by atoms with Crippen LogP contribution in [0, 0.1) is 0 Å². The van der Waals surface area contributed by atoms with E-state index in [-0.39, 0.29) is 23.4 Å². The minimum Gasteiger partial charge on any atom is -0.371 e. The van der Waals surface area contributed by atoms with Crippen LogP contribution >= 0.6 is 0 Å². The van der Waals surface area contributed by atoms with E-state index in [1.54, 1.807) is 26.1 Å². The zero-order valence-electron chi connectivity index (χ0n) is 11.6. The number of amides is 2. The molecule has 0 spiro atoms. The first-order chi connectivity index (χ1) is 8.79. The molecule has 0 bridgehead atoms. The standard InChI is InChI=1S/C13H19N3O3/c1-6-13(3,4)9-7-10(19-14-9)16-11(17)8(2)15(5)12(16)18/h6-8,11,17H,1H2,2-5H3. The SMILES string of the molecule is C=CC(C)(C)c1cc(N2C(=O)N(C)C(C)C2O)on1. The first kappa shape index (κ1) is 13.6. The smallest absolute Gasteiger partial charge is 0.329 e. The highest BCUT2D eigenvalue weighted by atomic mass is 16.5. The number of hydrogen-bond acceptors (Lipinski definition) is 4. The number of rotatable bonds is 3. The number of urea groups is 1. The summed E-state index contributed by atoms with van der Waals surface area (Å²) in [4.78, 5) is 14.7. The van der Waals surface area contributed by atoms with Gasteiger partial charge >= 0.3 is 6.03 Å². The lowest BCUT2D eigenvalue weighted by Gasteiger charge is -2.16. The molecular formula is C13H19N3O3. The molecule has 0 radical (unpaired) electrons. The molecule has 1 aliphatic rings. The Labute approximate surface area is 112 Å². The zero-order chi connectivity index (χ0) is 14.4. The third-order valence-corrected chi connectivity index (χ3v) is 3.72. The number of likely N-dealkylation sites (N-methyl/N-ethyl adjacent to an activating group) is 1. The molecule has 1 fully saturated rings. The van der Waals surface area contributed by atoms with Gasteiger partial charge in [0.05, 0.1) is 11.7 Å². The van der Waals surface area contributed by atoms with Crippen molar-refractivity contribution in [2.45, 2.75) is 38.5 Å². The highest BCUT2D eigenvalue weighted by molar-refractivity contribution is 5.93. The first-order valence-corrected chi connectivity index (χ1v) is 6.14. The fraction of sp³-hybridized carbons (Fsp3) is 0.538. The van der Waals surface area contributed by atoms with Gasteiger partial charge in [-0.05, 0) is 6.92 Å². The molecule has 0 aliphatic carbocycles. The third kappa shape index (κ3) is 2.02. The van der Waals surface area contributed by atoms with Gasteiger partial charge in [-0.3, -0.25) is 0 Å². The van der Waals surface area contributed by atoms with Crippen molar-refractivity contribution >= 4 is 11.9 Å². The quantitative estimate of drug-likeness (QED) is 0.845. The summed E-state index contributed by atoms with van der Waals surface area (Å²) in [6, 6.07) is 1.06. The lowest BCUT2D eigenvalue weighted by atomic mass is 9.90. The number of aromatic nitrogens is 1. The Bertz CT molecular complexity index is 509. The number of aliphatic hydroxyl groups is 1. The van der Waals surface area contributed by atoms with Gasteiger partial charge in [0.15, 0.2) is 6.23 Å².